The van der Waals surface area contributed by atoms with E-state index in [-0.39, 0.29) is 18.1 Å². The van der Waals surface area contributed by atoms with Crippen LogP contribution in [0.3, 0.4) is 0 Å². The zero-order valence-corrected chi connectivity index (χ0v) is 15.2. The molecule has 1 aromatic carbocycles. The molecule has 3 rings (SSSR count). The van der Waals surface area contributed by atoms with E-state index in [0.29, 0.717) is 36.8 Å². The molecule has 142 valence electrons. The fourth-order valence-corrected chi connectivity index (χ4v) is 4.06. The van der Waals surface area contributed by atoms with E-state index < -0.39 is 18.5 Å². The highest BCUT2D eigenvalue weighted by Gasteiger charge is 2.49. The number of carbonyl (C=O) groups is 1. The molecule has 1 aromatic heterocycles. The first-order valence-corrected chi connectivity index (χ1v) is 9.13. The largest absolute Gasteiger partial charge is 0.481 e. The van der Waals surface area contributed by atoms with Crippen LogP contribution in [0, 0.1) is 11.7 Å². The van der Waals surface area contributed by atoms with Crippen molar-refractivity contribution in [2.24, 2.45) is 5.92 Å². The Bertz CT molecular complexity index is 830. The fraction of sp³-hybridized carbons (Fsp3) is 0.400. The average Bonchev–Trinajstić information content (AvgIpc) is 2.89. The lowest BCUT2D eigenvalue weighted by Crippen LogP contribution is -2.37. The van der Waals surface area contributed by atoms with E-state index in [4.69, 9.17) is 10.0 Å². The fourth-order valence-electron chi connectivity index (χ4n) is 4.06. The molecular formula is C20H23BFNO4. The van der Waals surface area contributed by atoms with Gasteiger partial charge in [0.1, 0.15) is 5.82 Å². The molecule has 2 atom stereocenters. The zero-order valence-electron chi connectivity index (χ0n) is 15.2. The van der Waals surface area contributed by atoms with E-state index >= 15 is 0 Å². The van der Waals surface area contributed by atoms with Crippen LogP contribution in [0.25, 0.3) is 0 Å². The van der Waals surface area contributed by atoms with Crippen LogP contribution in [-0.4, -0.2) is 33.2 Å². The van der Waals surface area contributed by atoms with Gasteiger partial charge in [0, 0.05) is 18.3 Å². The highest BCUT2D eigenvalue weighted by atomic mass is 19.1. The predicted molar refractivity (Wildman–Crippen MR) is 99.9 cm³/mol. The Kier molecular flexibility index (Phi) is 5.62. The quantitative estimate of drug-likeness (QED) is 0.651. The third-order valence-corrected chi connectivity index (χ3v) is 5.67. The van der Waals surface area contributed by atoms with Crippen LogP contribution in [0.1, 0.15) is 42.1 Å². The summed E-state index contributed by atoms with van der Waals surface area (Å²) in [5.41, 5.74) is 1.40. The Balaban J connectivity index is 1.92. The van der Waals surface area contributed by atoms with E-state index in [0.717, 1.165) is 11.3 Å². The van der Waals surface area contributed by atoms with Gasteiger partial charge in [0.05, 0.1) is 5.41 Å². The Morgan fingerprint density at radius 1 is 1.37 bits per heavy atom. The number of carboxylic acids is 1. The topological polar surface area (TPSA) is 90.7 Å². The van der Waals surface area contributed by atoms with Crippen molar-refractivity contribution in [1.82, 2.24) is 4.98 Å². The van der Waals surface area contributed by atoms with Gasteiger partial charge in [-0.1, -0.05) is 18.6 Å². The molecule has 0 unspecified atom stereocenters. The monoisotopic (exact) mass is 371 g/mol. The summed E-state index contributed by atoms with van der Waals surface area (Å²) in [6.07, 6.45) is 3.65. The molecule has 27 heavy (non-hydrogen) atoms. The number of hydrogen-bond donors (Lipinski definition) is 3. The normalized spacial score (nSPS) is 21.1. The van der Waals surface area contributed by atoms with Gasteiger partial charge in [-0.15, -0.1) is 0 Å². The van der Waals surface area contributed by atoms with Crippen molar-refractivity contribution in [3.63, 3.8) is 0 Å². The molecule has 0 radical (unpaired) electrons. The van der Waals surface area contributed by atoms with Gasteiger partial charge in [-0.3, -0.25) is 9.78 Å². The van der Waals surface area contributed by atoms with E-state index in [1.807, 2.05) is 12.1 Å². The van der Waals surface area contributed by atoms with Crippen molar-refractivity contribution in [2.75, 3.05) is 0 Å². The highest BCUT2D eigenvalue weighted by Crippen LogP contribution is 2.46. The Labute approximate surface area is 158 Å². The number of rotatable bonds is 7. The number of fused-ring (bicyclic) bond motifs is 1. The number of hydrogen-bond acceptors (Lipinski definition) is 4. The lowest BCUT2D eigenvalue weighted by atomic mass is 9.72. The molecule has 1 heterocycles. The number of pyridine rings is 1. The number of carboxylic acid groups (broad SMARTS) is 1. The van der Waals surface area contributed by atoms with Crippen LogP contribution in [0.2, 0.25) is 6.32 Å². The van der Waals surface area contributed by atoms with E-state index in [9.17, 15) is 14.3 Å². The molecule has 5 nitrogen and oxygen atoms in total. The summed E-state index contributed by atoms with van der Waals surface area (Å²) >= 11 is 0. The molecule has 0 amide bonds. The summed E-state index contributed by atoms with van der Waals surface area (Å²) in [6.45, 7) is 1.68. The molecule has 3 N–H and O–H groups in total. The van der Waals surface area contributed by atoms with Crippen molar-refractivity contribution in [3.8, 4) is 0 Å². The maximum absolute atomic E-state index is 14.6. The van der Waals surface area contributed by atoms with Gasteiger partial charge < -0.3 is 15.2 Å². The lowest BCUT2D eigenvalue weighted by Gasteiger charge is -2.28. The van der Waals surface area contributed by atoms with Crippen LogP contribution < -0.4 is 0 Å². The zero-order chi connectivity index (χ0) is 19.6. The maximum atomic E-state index is 14.6. The molecule has 0 spiro atoms. The van der Waals surface area contributed by atoms with Gasteiger partial charge in [0.15, 0.2) is 0 Å². The van der Waals surface area contributed by atoms with Crippen LogP contribution in [-0.2, 0) is 23.1 Å². The summed E-state index contributed by atoms with van der Waals surface area (Å²) in [7, 11) is -1.40. The summed E-state index contributed by atoms with van der Waals surface area (Å²) in [5.74, 6) is -1.50. The SMILES string of the molecule is C[C@@]1(C(=O)O)c2cc(Cc3ccccn3)c(F)cc2C[C@@H]1CCCB(O)O. The molecule has 7 heteroatoms. The average molecular weight is 371 g/mol. The van der Waals surface area contributed by atoms with Gasteiger partial charge in [-0.2, -0.15) is 0 Å². The van der Waals surface area contributed by atoms with Crippen LogP contribution in [0.5, 0.6) is 0 Å². The smallest absolute Gasteiger partial charge is 0.451 e. The summed E-state index contributed by atoms with van der Waals surface area (Å²) in [6, 6.07) is 8.56. The first-order chi connectivity index (χ1) is 12.8. The number of halogens is 1. The van der Waals surface area contributed by atoms with Crippen LogP contribution >= 0.6 is 0 Å². The molecule has 0 fully saturated rings. The van der Waals surface area contributed by atoms with Crippen LogP contribution in [0.15, 0.2) is 36.5 Å². The third kappa shape index (κ3) is 3.89. The Hall–Kier alpha value is -2.25. The van der Waals surface area contributed by atoms with Crippen LogP contribution in [0.4, 0.5) is 4.39 Å². The molecule has 0 saturated heterocycles. The molecule has 0 bridgehead atoms. The predicted octanol–water partition coefficient (Wildman–Crippen LogP) is 2.58. The standard InChI is InChI=1S/C20H23BFNO4/c1-20(19(24)25)15(5-4-7-21(26)27)9-13-12-18(22)14(11-17(13)20)10-16-6-2-3-8-23-16/h2-3,6,8,11-12,15,26-27H,4-5,7,9-10H2,1H3,(H,24,25)/t15-,20-/m0/s1. The van der Waals surface area contributed by atoms with E-state index in [1.165, 1.54) is 6.07 Å². The van der Waals surface area contributed by atoms with E-state index in [1.54, 1.807) is 25.3 Å². The summed E-state index contributed by atoms with van der Waals surface area (Å²) < 4.78 is 14.6. The van der Waals surface area contributed by atoms with Gasteiger partial charge in [0.25, 0.3) is 0 Å². The molecule has 0 saturated carbocycles. The highest BCUT2D eigenvalue weighted by molar-refractivity contribution is 6.40. The number of benzene rings is 1. The van der Waals surface area contributed by atoms with Crippen molar-refractivity contribution in [2.45, 2.75) is 44.3 Å². The second kappa shape index (κ2) is 7.78. The van der Waals surface area contributed by atoms with Gasteiger partial charge in [-0.25, -0.2) is 4.39 Å². The van der Waals surface area contributed by atoms with Crippen molar-refractivity contribution in [1.29, 1.82) is 0 Å². The Morgan fingerprint density at radius 3 is 2.78 bits per heavy atom. The molecule has 1 aliphatic carbocycles. The molecule has 1 aliphatic rings. The van der Waals surface area contributed by atoms with Crippen molar-refractivity contribution in [3.05, 3.63) is 64.7 Å². The minimum Gasteiger partial charge on any atom is -0.481 e. The van der Waals surface area contributed by atoms with Gasteiger partial charge in [0.2, 0.25) is 0 Å². The molecule has 2 aromatic rings. The Morgan fingerprint density at radius 2 is 2.15 bits per heavy atom. The van der Waals surface area contributed by atoms with Crippen molar-refractivity contribution < 1.29 is 24.3 Å². The van der Waals surface area contributed by atoms with E-state index in [2.05, 4.69) is 4.98 Å². The minimum atomic E-state index is -1.40. The van der Waals surface area contributed by atoms with Gasteiger partial charge >= 0.3 is 13.1 Å². The number of nitrogens with zero attached hydrogens (tertiary/aromatic N) is 1. The second-order valence-corrected chi connectivity index (χ2v) is 7.42. The maximum Gasteiger partial charge on any atom is 0.451 e. The second-order valence-electron chi connectivity index (χ2n) is 7.42. The van der Waals surface area contributed by atoms with Gasteiger partial charge in [-0.05, 0) is 66.9 Å². The number of aromatic nitrogens is 1. The van der Waals surface area contributed by atoms with Crippen molar-refractivity contribution >= 4 is 13.1 Å². The lowest BCUT2D eigenvalue weighted by molar-refractivity contribution is -0.145. The molecule has 0 aliphatic heterocycles. The molecular weight excluding hydrogens is 348 g/mol. The summed E-state index contributed by atoms with van der Waals surface area (Å²) in [5, 5.41) is 28.0. The minimum absolute atomic E-state index is 0.196. The number of aliphatic carboxylic acids is 1. The summed E-state index contributed by atoms with van der Waals surface area (Å²) in [4.78, 5) is 16.4. The first-order valence-electron chi connectivity index (χ1n) is 9.13. The third-order valence-electron chi connectivity index (χ3n) is 5.67. The first kappa shape index (κ1) is 19.5.